The van der Waals surface area contributed by atoms with Crippen LogP contribution < -0.4 is 0 Å². The zero-order valence-electron chi connectivity index (χ0n) is 2.02. The first kappa shape index (κ1) is 5.18. The van der Waals surface area contributed by atoms with Gasteiger partial charge >= 0.3 is 18.2 Å². The Bertz CT molecular complexity index is 69.7. The Morgan fingerprint density at radius 3 is 1.80 bits per heavy atom. The summed E-state index contributed by atoms with van der Waals surface area (Å²) in [5.74, 6) is 0. The van der Waals surface area contributed by atoms with Gasteiger partial charge in [0, 0.05) is 0 Å². The summed E-state index contributed by atoms with van der Waals surface area (Å²) in [4.78, 5) is 0. The lowest BCUT2D eigenvalue weighted by Gasteiger charge is -1.27. The lowest BCUT2D eigenvalue weighted by Crippen LogP contribution is -1.19. The van der Waals surface area contributed by atoms with Crippen molar-refractivity contribution in [2.24, 2.45) is 0 Å². The molecule has 1 nitrogen and oxygen atoms in total. The highest BCUT2D eigenvalue weighted by molar-refractivity contribution is 8.04. The molecule has 0 aliphatic carbocycles. The van der Waals surface area contributed by atoms with Gasteiger partial charge in [-0.05, 0) is 0 Å². The lowest BCUT2D eigenvalue weighted by atomic mass is 16.0. The lowest BCUT2D eigenvalue weighted by molar-refractivity contribution is 0.698. The van der Waals surface area contributed by atoms with Crippen LogP contribution >= 0.6 is 7.32 Å². The summed E-state index contributed by atoms with van der Waals surface area (Å²) in [7, 11) is -3.88. The van der Waals surface area contributed by atoms with E-state index < -0.39 is 18.2 Å². The zero-order chi connectivity index (χ0) is 4.28. The topological polar surface area (TPSA) is 17.1 Å². The Morgan fingerprint density at radius 1 is 1.60 bits per heavy atom. The maximum Gasteiger partial charge on any atom is 0.646 e. The zero-order valence-corrected chi connectivity index (χ0v) is 3.73. The van der Waals surface area contributed by atoms with Crippen molar-refractivity contribution in [2.45, 2.75) is 0 Å². The Morgan fingerprint density at radius 2 is 1.80 bits per heavy atom. The third-order valence-corrected chi connectivity index (χ3v) is 0.507. The van der Waals surface area contributed by atoms with Crippen LogP contribution in [0.15, 0.2) is 0 Å². The molecule has 0 rings (SSSR count). The molecule has 5 heteroatoms. The number of hydrogen-bond acceptors (Lipinski definition) is 1. The molecule has 0 aromatic heterocycles. The van der Waals surface area contributed by atoms with Gasteiger partial charge in [0.2, 0.25) is 0 Å². The fourth-order valence-electron chi connectivity index (χ4n) is 0. The van der Waals surface area contributed by atoms with Crippen molar-refractivity contribution in [1.82, 2.24) is 0 Å². The van der Waals surface area contributed by atoms with E-state index in [1.54, 1.807) is 0 Å². The summed E-state index contributed by atoms with van der Waals surface area (Å²) in [6, 6.07) is 0. The minimum atomic E-state index is -3.24. The first-order valence-electron chi connectivity index (χ1n) is 0.687. The fourth-order valence-corrected chi connectivity index (χ4v) is 0. The molecule has 0 N–H and O–H groups in total. The molecule has 0 aliphatic heterocycles. The number of hydrogen-bond donors (Lipinski definition) is 0. The quantitative estimate of drug-likeness (QED) is 0.438. The van der Waals surface area contributed by atoms with E-state index in [1.807, 2.05) is 0 Å². The Labute approximate surface area is 31.7 Å². The van der Waals surface area contributed by atoms with Crippen LogP contribution in [0, 0.1) is 0 Å². The summed E-state index contributed by atoms with van der Waals surface area (Å²) >= 11 is 0. The monoisotopic (exact) mass is 117 g/mol. The predicted molar refractivity (Wildman–Crippen MR) is 17.3 cm³/mol. The van der Waals surface area contributed by atoms with E-state index in [4.69, 9.17) is 4.21 Å². The molecular formula is F2OPS+. The molecule has 0 aliphatic rings. The van der Waals surface area contributed by atoms with Gasteiger partial charge in [0.15, 0.2) is 0 Å². The Kier molecular flexibility index (Phi) is 2.51. The standard InChI is InChI=1S/F2OPS/c1-4(2)5-3/q+1. The second-order valence-corrected chi connectivity index (χ2v) is 2.10. The summed E-state index contributed by atoms with van der Waals surface area (Å²) in [6.07, 6.45) is 0. The van der Waals surface area contributed by atoms with Gasteiger partial charge in [0.1, 0.15) is 0 Å². The first-order valence-corrected chi connectivity index (χ1v) is 3.16. The molecule has 0 unspecified atom stereocenters. The van der Waals surface area contributed by atoms with Gasteiger partial charge in [-0.25, -0.2) is 0 Å². The average molecular weight is 117 g/mol. The van der Waals surface area contributed by atoms with E-state index in [0.29, 0.717) is 0 Å². The molecule has 0 aromatic carbocycles. The van der Waals surface area contributed by atoms with E-state index in [2.05, 4.69) is 0 Å². The van der Waals surface area contributed by atoms with Crippen LogP contribution in [0.25, 0.3) is 0 Å². The summed E-state index contributed by atoms with van der Waals surface area (Å²) in [5.41, 5.74) is 0. The molecule has 0 heterocycles. The molecule has 0 amide bonds. The molecule has 0 saturated heterocycles. The van der Waals surface area contributed by atoms with Crippen LogP contribution in [-0.2, 0) is 10.8 Å². The second-order valence-electron chi connectivity index (χ2n) is 0.276. The molecule has 30 valence electrons. The van der Waals surface area contributed by atoms with E-state index in [1.165, 1.54) is 0 Å². The van der Waals surface area contributed by atoms with Crippen molar-refractivity contribution >= 4 is 18.2 Å². The van der Waals surface area contributed by atoms with Crippen LogP contribution in [0.1, 0.15) is 0 Å². The highest BCUT2D eigenvalue weighted by atomic mass is 32.5. The van der Waals surface area contributed by atoms with Crippen LogP contribution in [0.3, 0.4) is 0 Å². The molecule has 0 atom stereocenters. The normalized spacial score (nSPS) is 6.80. The van der Waals surface area contributed by atoms with Gasteiger partial charge in [-0.3, -0.25) is 0 Å². The minimum absolute atomic E-state index is 0.639. The van der Waals surface area contributed by atoms with Crippen LogP contribution in [-0.4, -0.2) is 4.21 Å². The highest BCUT2D eigenvalue weighted by Gasteiger charge is 2.02. The van der Waals surface area contributed by atoms with E-state index in [0.717, 1.165) is 0 Å². The molecule has 0 aromatic rings. The van der Waals surface area contributed by atoms with Gasteiger partial charge in [0.25, 0.3) is 0 Å². The van der Waals surface area contributed by atoms with Crippen molar-refractivity contribution in [3.05, 3.63) is 0 Å². The van der Waals surface area contributed by atoms with E-state index >= 15 is 0 Å². The van der Waals surface area contributed by atoms with Crippen LogP contribution in [0.2, 0.25) is 0 Å². The van der Waals surface area contributed by atoms with Gasteiger partial charge in [-0.15, -0.1) is 0 Å². The van der Waals surface area contributed by atoms with Crippen LogP contribution in [0.4, 0.5) is 8.39 Å². The van der Waals surface area contributed by atoms with Crippen LogP contribution in [0.5, 0.6) is 0 Å². The smallest absolute Gasteiger partial charge is 0.159 e. The highest BCUT2D eigenvalue weighted by Crippen LogP contribution is 2.22. The minimum Gasteiger partial charge on any atom is -0.159 e. The molecule has 0 fully saturated rings. The van der Waals surface area contributed by atoms with Gasteiger partial charge < -0.3 is 0 Å². The van der Waals surface area contributed by atoms with Crippen molar-refractivity contribution in [2.75, 3.05) is 0 Å². The van der Waals surface area contributed by atoms with E-state index in [9.17, 15) is 8.39 Å². The second kappa shape index (κ2) is 2.42. The Hall–Kier alpha value is 0.180. The fraction of sp³-hybridized carbons (Fsp3) is 0. The molecule has 0 spiro atoms. The number of halogens is 2. The van der Waals surface area contributed by atoms with Gasteiger partial charge in [-0.1, -0.05) is 0 Å². The summed E-state index contributed by atoms with van der Waals surface area (Å²) in [6.45, 7) is 0. The van der Waals surface area contributed by atoms with Crippen molar-refractivity contribution in [3.8, 4) is 0 Å². The van der Waals surface area contributed by atoms with Crippen molar-refractivity contribution in [3.63, 3.8) is 0 Å². The predicted octanol–water partition coefficient (Wildman–Crippen LogP) is 1.37. The average Bonchev–Trinajstić information content (AvgIpc) is 1.38. The molecular weight excluding hydrogens is 117 g/mol. The van der Waals surface area contributed by atoms with Crippen molar-refractivity contribution in [1.29, 1.82) is 0 Å². The van der Waals surface area contributed by atoms with Gasteiger partial charge in [0.05, 0.1) is 8.39 Å². The molecule has 0 bridgehead atoms. The molecule has 0 radical (unpaired) electrons. The summed E-state index contributed by atoms with van der Waals surface area (Å²) < 4.78 is 29.8. The third kappa shape index (κ3) is 4.18. The third-order valence-electron chi connectivity index (χ3n) is 0.0563. The maximum atomic E-state index is 10.5. The number of rotatable bonds is 0. The van der Waals surface area contributed by atoms with Crippen molar-refractivity contribution < 1.29 is 12.6 Å². The largest absolute Gasteiger partial charge is 0.646 e. The van der Waals surface area contributed by atoms with Gasteiger partial charge in [-0.2, -0.15) is 4.21 Å². The SMILES string of the molecule is O=S=[P+](F)F. The first-order chi connectivity index (χ1) is 2.27. The molecule has 5 heavy (non-hydrogen) atoms. The maximum absolute atomic E-state index is 10.5. The summed E-state index contributed by atoms with van der Waals surface area (Å²) in [5, 5.41) is 0. The Balaban J connectivity index is 3.60. The molecule has 0 saturated carbocycles. The van der Waals surface area contributed by atoms with E-state index in [-0.39, 0.29) is 0 Å².